The highest BCUT2D eigenvalue weighted by molar-refractivity contribution is 7.90. The minimum Gasteiger partial charge on any atom is -0.598 e. The predicted octanol–water partition coefficient (Wildman–Crippen LogP) is 3.02. The van der Waals surface area contributed by atoms with Crippen LogP contribution in [-0.2, 0) is 26.4 Å². The van der Waals surface area contributed by atoms with E-state index in [4.69, 9.17) is 4.74 Å². The predicted molar refractivity (Wildman–Crippen MR) is 124 cm³/mol. The summed E-state index contributed by atoms with van der Waals surface area (Å²) in [6.07, 6.45) is 0.374. The van der Waals surface area contributed by atoms with Crippen LogP contribution in [-0.4, -0.2) is 68.6 Å². The fraction of sp³-hybridized carbons (Fsp3) is 0.652. The molecule has 1 unspecified atom stereocenters. The van der Waals surface area contributed by atoms with E-state index in [9.17, 15) is 19.2 Å². The Kier molecular flexibility index (Phi) is 7.44. The molecule has 0 radical (unpaired) electrons. The molecule has 3 rings (SSSR count). The molecule has 1 aromatic rings. The molecular weight excluding hydrogens is 430 g/mol. The van der Waals surface area contributed by atoms with Crippen molar-refractivity contribution in [2.24, 2.45) is 0 Å². The van der Waals surface area contributed by atoms with Crippen molar-refractivity contribution in [3.05, 3.63) is 35.4 Å². The number of nitrogens with one attached hydrogen (secondary N) is 1. The molecule has 9 heteroatoms. The molecule has 0 saturated carbocycles. The summed E-state index contributed by atoms with van der Waals surface area (Å²) in [6, 6.07) is 7.90. The number of hydrogen-bond donors (Lipinski definition) is 2. The molecule has 2 amide bonds. The molecule has 1 aromatic carbocycles. The van der Waals surface area contributed by atoms with Gasteiger partial charge < -0.3 is 24.2 Å². The fourth-order valence-electron chi connectivity index (χ4n) is 4.55. The second kappa shape index (κ2) is 9.59. The number of carboxylic acid groups (broad SMARTS) is 1. The van der Waals surface area contributed by atoms with Crippen LogP contribution < -0.4 is 4.72 Å². The number of carbonyl (C=O) groups excluding carboxylic acids is 1. The Morgan fingerprint density at radius 3 is 2.28 bits per heavy atom. The average Bonchev–Trinajstić information content (AvgIpc) is 2.69. The third-order valence-corrected chi connectivity index (χ3v) is 8.09. The number of likely N-dealkylation sites (tertiary alicyclic amines) is 1. The highest BCUT2D eigenvalue weighted by atomic mass is 32.2. The number of carbonyl (C=O) groups is 2. The van der Waals surface area contributed by atoms with E-state index >= 15 is 0 Å². The van der Waals surface area contributed by atoms with E-state index in [-0.39, 0.29) is 22.7 Å². The Morgan fingerprint density at radius 1 is 1.25 bits per heavy atom. The van der Waals surface area contributed by atoms with Gasteiger partial charge in [0.05, 0.1) is 17.6 Å². The van der Waals surface area contributed by atoms with Crippen molar-refractivity contribution in [2.75, 3.05) is 26.3 Å². The Bertz CT molecular complexity index is 814. The molecule has 0 aromatic heterocycles. The summed E-state index contributed by atoms with van der Waals surface area (Å²) in [5, 5.41) is 9.23. The number of hydrogen-bond acceptors (Lipinski definition) is 5. The van der Waals surface area contributed by atoms with Gasteiger partial charge in [0.1, 0.15) is 4.75 Å². The van der Waals surface area contributed by atoms with E-state index in [2.05, 4.69) is 4.72 Å². The van der Waals surface area contributed by atoms with Crippen molar-refractivity contribution >= 4 is 23.4 Å². The van der Waals surface area contributed by atoms with Crippen molar-refractivity contribution in [2.45, 2.75) is 69.8 Å². The van der Waals surface area contributed by atoms with E-state index in [1.54, 1.807) is 6.92 Å². The zero-order chi connectivity index (χ0) is 23.7. The standard InChI is InChI=1S/C23H35N3O5S/c1-16(24-32(30)22(3,4)5)18-6-8-19(9-7-18)23(10-12-31-13-11-23)26(17(2)27)20-14-25(15-20)21(28)29/h6-9,16,20,24H,10-15H2,1-5H3,(H,28,29)/t16-,32?/m0/s1. The van der Waals surface area contributed by atoms with Gasteiger partial charge in [-0.3, -0.25) is 4.79 Å². The molecular formula is C23H35N3O5S. The smallest absolute Gasteiger partial charge is 0.407 e. The number of rotatable bonds is 6. The van der Waals surface area contributed by atoms with Gasteiger partial charge in [-0.05, 0) is 51.7 Å². The molecule has 0 spiro atoms. The maximum atomic E-state index is 12.8. The molecule has 2 fully saturated rings. The lowest BCUT2D eigenvalue weighted by Crippen LogP contribution is -2.67. The zero-order valence-corrected chi connectivity index (χ0v) is 20.4. The second-order valence-corrected chi connectivity index (χ2v) is 11.7. The summed E-state index contributed by atoms with van der Waals surface area (Å²) in [7, 11) is 0. The van der Waals surface area contributed by atoms with E-state index in [1.807, 2.05) is 56.9 Å². The summed E-state index contributed by atoms with van der Waals surface area (Å²) in [5.41, 5.74) is 1.52. The molecule has 2 aliphatic heterocycles. The van der Waals surface area contributed by atoms with Gasteiger partial charge in [0.15, 0.2) is 0 Å². The quantitative estimate of drug-likeness (QED) is 0.626. The first-order valence-electron chi connectivity index (χ1n) is 11.1. The summed E-state index contributed by atoms with van der Waals surface area (Å²) >= 11 is -1.18. The van der Waals surface area contributed by atoms with Crippen LogP contribution in [0.5, 0.6) is 0 Å². The topological polar surface area (TPSA) is 105 Å². The van der Waals surface area contributed by atoms with Crippen LogP contribution in [0.4, 0.5) is 4.79 Å². The molecule has 178 valence electrons. The maximum Gasteiger partial charge on any atom is 0.407 e. The Hall–Kier alpha value is -1.81. The van der Waals surface area contributed by atoms with Crippen LogP contribution in [0, 0.1) is 0 Å². The molecule has 2 heterocycles. The fourth-order valence-corrected chi connectivity index (χ4v) is 5.36. The van der Waals surface area contributed by atoms with Crippen LogP contribution in [0.3, 0.4) is 0 Å². The second-order valence-electron chi connectivity index (χ2n) is 9.72. The SMILES string of the molecule is CC(=O)N(C1CN(C(=O)O)C1)C1(c2ccc([C@H](C)N[S+]([O-])C(C)(C)C)cc2)CCOCC1. The summed E-state index contributed by atoms with van der Waals surface area (Å²) < 4.78 is 20.9. The van der Waals surface area contributed by atoms with Crippen LogP contribution in [0.15, 0.2) is 24.3 Å². The van der Waals surface area contributed by atoms with Crippen LogP contribution in [0.25, 0.3) is 0 Å². The molecule has 2 saturated heterocycles. The van der Waals surface area contributed by atoms with Gasteiger partial charge in [0.25, 0.3) is 0 Å². The highest BCUT2D eigenvalue weighted by Gasteiger charge is 2.48. The molecule has 2 atom stereocenters. The van der Waals surface area contributed by atoms with Crippen molar-refractivity contribution < 1.29 is 24.0 Å². The molecule has 0 bridgehead atoms. The molecule has 8 nitrogen and oxygen atoms in total. The molecule has 0 aliphatic carbocycles. The van der Waals surface area contributed by atoms with Crippen molar-refractivity contribution in [1.82, 2.24) is 14.5 Å². The molecule has 2 N–H and O–H groups in total. The van der Waals surface area contributed by atoms with E-state index in [0.29, 0.717) is 39.1 Å². The lowest BCUT2D eigenvalue weighted by atomic mass is 9.78. The largest absolute Gasteiger partial charge is 0.598 e. The number of benzene rings is 1. The third-order valence-electron chi connectivity index (χ3n) is 6.41. The molecule has 2 aliphatic rings. The monoisotopic (exact) mass is 465 g/mol. The zero-order valence-electron chi connectivity index (χ0n) is 19.6. The first-order chi connectivity index (χ1) is 15.0. The molecule has 32 heavy (non-hydrogen) atoms. The van der Waals surface area contributed by atoms with Crippen molar-refractivity contribution in [3.8, 4) is 0 Å². The lowest BCUT2D eigenvalue weighted by Gasteiger charge is -2.54. The average molecular weight is 466 g/mol. The number of amides is 2. The van der Waals surface area contributed by atoms with Gasteiger partial charge in [0, 0.05) is 44.6 Å². The third kappa shape index (κ3) is 5.06. The maximum absolute atomic E-state index is 12.8. The van der Waals surface area contributed by atoms with Gasteiger partial charge in [0.2, 0.25) is 5.91 Å². The van der Waals surface area contributed by atoms with E-state index in [0.717, 1.165) is 11.1 Å². The highest BCUT2D eigenvalue weighted by Crippen LogP contribution is 2.41. The van der Waals surface area contributed by atoms with Gasteiger partial charge in [-0.25, -0.2) is 4.79 Å². The normalized spacial score (nSPS) is 20.9. The Morgan fingerprint density at radius 2 is 1.81 bits per heavy atom. The number of nitrogens with zero attached hydrogens (tertiary/aromatic N) is 2. The van der Waals surface area contributed by atoms with Crippen LogP contribution in [0.2, 0.25) is 0 Å². The first kappa shape index (κ1) is 24.8. The van der Waals surface area contributed by atoms with E-state index < -0.39 is 23.0 Å². The van der Waals surface area contributed by atoms with Crippen molar-refractivity contribution in [3.63, 3.8) is 0 Å². The Balaban J connectivity index is 1.85. The van der Waals surface area contributed by atoms with E-state index in [1.165, 1.54) is 4.90 Å². The van der Waals surface area contributed by atoms with Crippen LogP contribution in [0.1, 0.15) is 64.6 Å². The van der Waals surface area contributed by atoms with Crippen LogP contribution >= 0.6 is 0 Å². The van der Waals surface area contributed by atoms with Gasteiger partial charge >= 0.3 is 6.09 Å². The summed E-state index contributed by atoms with van der Waals surface area (Å²) in [5.74, 6) is -0.0541. The van der Waals surface area contributed by atoms with Crippen molar-refractivity contribution in [1.29, 1.82) is 0 Å². The first-order valence-corrected chi connectivity index (χ1v) is 12.2. The Labute approximate surface area is 193 Å². The van der Waals surface area contributed by atoms with Gasteiger partial charge in [-0.15, -0.1) is 4.72 Å². The summed E-state index contributed by atoms with van der Waals surface area (Å²) in [4.78, 5) is 27.3. The van der Waals surface area contributed by atoms with Gasteiger partial charge in [-0.1, -0.05) is 24.3 Å². The minimum absolute atomic E-state index is 0.0541. The minimum atomic E-state index is -1.18. The van der Waals surface area contributed by atoms with Gasteiger partial charge in [-0.2, -0.15) is 0 Å². The number of ether oxygens (including phenoxy) is 1. The summed E-state index contributed by atoms with van der Waals surface area (Å²) in [6.45, 7) is 11.1. The lowest BCUT2D eigenvalue weighted by molar-refractivity contribution is -0.151.